The molecule has 3 rings (SSSR count). The van der Waals surface area contributed by atoms with E-state index in [4.69, 9.17) is 14.6 Å². The van der Waals surface area contributed by atoms with Crippen LogP contribution < -0.4 is 4.74 Å². The first-order valence-corrected chi connectivity index (χ1v) is 10.4. The van der Waals surface area contributed by atoms with Gasteiger partial charge in [0.2, 0.25) is 0 Å². The minimum atomic E-state index is -0.706. The van der Waals surface area contributed by atoms with Gasteiger partial charge in [-0.25, -0.2) is 0 Å². The van der Waals surface area contributed by atoms with Crippen LogP contribution in [0.4, 0.5) is 0 Å². The van der Waals surface area contributed by atoms with E-state index in [0.29, 0.717) is 0 Å². The number of hydrogen-bond acceptors (Lipinski definition) is 4. The topological polar surface area (TPSA) is 59.0 Å². The Morgan fingerprint density at radius 2 is 1.67 bits per heavy atom. The maximum Gasteiger partial charge on any atom is 0.303 e. The van der Waals surface area contributed by atoms with Gasteiger partial charge in [-0.15, -0.1) is 12.4 Å². The molecule has 1 atom stereocenters. The molecule has 2 aromatic carbocycles. The van der Waals surface area contributed by atoms with Gasteiger partial charge in [0.15, 0.2) is 0 Å². The van der Waals surface area contributed by atoms with Crippen molar-refractivity contribution in [3.05, 3.63) is 65.7 Å². The summed E-state index contributed by atoms with van der Waals surface area (Å²) < 4.78 is 11.9. The molecule has 30 heavy (non-hydrogen) atoms. The minimum Gasteiger partial charge on any atom is -0.497 e. The lowest BCUT2D eigenvalue weighted by molar-refractivity contribution is -0.137. The summed E-state index contributed by atoms with van der Waals surface area (Å²) in [4.78, 5) is 13.1. The third-order valence-corrected chi connectivity index (χ3v) is 5.50. The van der Waals surface area contributed by atoms with Crippen LogP contribution in [-0.4, -0.2) is 48.8 Å². The predicted octanol–water partition coefficient (Wildman–Crippen LogP) is 4.94. The molecule has 1 N–H and O–H groups in total. The van der Waals surface area contributed by atoms with E-state index in [9.17, 15) is 4.79 Å². The highest BCUT2D eigenvalue weighted by atomic mass is 35.5. The van der Waals surface area contributed by atoms with Crippen molar-refractivity contribution in [3.63, 3.8) is 0 Å². The summed E-state index contributed by atoms with van der Waals surface area (Å²) in [5.41, 5.74) is 2.29. The van der Waals surface area contributed by atoms with Gasteiger partial charge >= 0.3 is 5.97 Å². The summed E-state index contributed by atoms with van der Waals surface area (Å²) in [5, 5.41) is 8.75. The van der Waals surface area contributed by atoms with Gasteiger partial charge in [-0.3, -0.25) is 4.79 Å². The third-order valence-electron chi connectivity index (χ3n) is 5.50. The van der Waals surface area contributed by atoms with E-state index < -0.39 is 5.97 Å². The Kier molecular flexibility index (Phi) is 10.1. The van der Waals surface area contributed by atoms with E-state index in [0.717, 1.165) is 62.2 Å². The van der Waals surface area contributed by atoms with Crippen LogP contribution in [0.2, 0.25) is 0 Å². The van der Waals surface area contributed by atoms with Crippen molar-refractivity contribution in [2.45, 2.75) is 44.3 Å². The fraction of sp³-hybridized carbons (Fsp3) is 0.458. The van der Waals surface area contributed by atoms with Gasteiger partial charge in [-0.2, -0.15) is 0 Å². The summed E-state index contributed by atoms with van der Waals surface area (Å²) in [6, 6.07) is 18.5. The number of carboxylic acid groups (broad SMARTS) is 1. The van der Waals surface area contributed by atoms with Crippen molar-refractivity contribution in [1.29, 1.82) is 0 Å². The number of unbranched alkanes of at least 4 members (excludes halogenated alkanes) is 1. The number of hydrogen-bond donors (Lipinski definition) is 1. The molecule has 0 bridgehead atoms. The average molecular weight is 434 g/mol. The van der Waals surface area contributed by atoms with Crippen molar-refractivity contribution < 1.29 is 19.4 Å². The van der Waals surface area contributed by atoms with Crippen molar-refractivity contribution in [2.24, 2.45) is 0 Å². The van der Waals surface area contributed by atoms with Crippen LogP contribution in [0.5, 0.6) is 5.75 Å². The zero-order valence-corrected chi connectivity index (χ0v) is 18.4. The number of halogens is 1. The lowest BCUT2D eigenvalue weighted by Crippen LogP contribution is -2.38. The summed E-state index contributed by atoms with van der Waals surface area (Å²) in [5.74, 6) is 0.138. The molecule has 1 aliphatic heterocycles. The number of nitrogens with zero attached hydrogens (tertiary/aromatic N) is 1. The van der Waals surface area contributed by atoms with Crippen LogP contribution in [-0.2, 0) is 9.53 Å². The second-order valence-corrected chi connectivity index (χ2v) is 7.59. The Bertz CT molecular complexity index is 746. The van der Waals surface area contributed by atoms with Crippen molar-refractivity contribution in [2.75, 3.05) is 26.7 Å². The van der Waals surface area contributed by atoms with Gasteiger partial charge in [0.1, 0.15) is 11.9 Å². The normalized spacial score (nSPS) is 15.9. The smallest absolute Gasteiger partial charge is 0.303 e. The predicted molar refractivity (Wildman–Crippen MR) is 121 cm³/mol. The van der Waals surface area contributed by atoms with Crippen molar-refractivity contribution in [3.8, 4) is 5.75 Å². The Labute approximate surface area is 185 Å². The maximum atomic E-state index is 10.6. The highest BCUT2D eigenvalue weighted by molar-refractivity contribution is 5.85. The first-order valence-electron chi connectivity index (χ1n) is 10.4. The molecule has 1 aliphatic rings. The molecule has 1 fully saturated rings. The fourth-order valence-corrected chi connectivity index (χ4v) is 3.83. The molecular weight excluding hydrogens is 402 g/mol. The molecule has 0 amide bonds. The Morgan fingerprint density at radius 1 is 1.03 bits per heavy atom. The zero-order valence-electron chi connectivity index (χ0n) is 17.5. The highest BCUT2D eigenvalue weighted by Gasteiger charge is 2.24. The SMILES string of the molecule is COc1ccc(C(OC2CCN(CCCCC(=O)O)CC2)c2ccccc2)cc1.Cl. The lowest BCUT2D eigenvalue weighted by Gasteiger charge is -2.34. The summed E-state index contributed by atoms with van der Waals surface area (Å²) in [6.07, 6.45) is 4.08. The van der Waals surface area contributed by atoms with Crippen LogP contribution in [0.1, 0.15) is 49.3 Å². The number of methoxy groups -OCH3 is 1. The molecule has 0 spiro atoms. The third kappa shape index (κ3) is 7.31. The first-order chi connectivity index (χ1) is 14.2. The standard InChI is InChI=1S/C24H31NO4.ClH/c1-28-21-12-10-20(11-13-21)24(19-7-3-2-4-8-19)29-22-14-17-25(18-15-22)16-6-5-9-23(26)27;/h2-4,7-8,10-13,22,24H,5-6,9,14-18H2,1H3,(H,26,27);1H. The quantitative estimate of drug-likeness (QED) is 0.537. The number of carboxylic acids is 1. The number of ether oxygens (including phenoxy) is 2. The van der Waals surface area contributed by atoms with Gasteiger partial charge in [0.25, 0.3) is 0 Å². The number of carbonyl (C=O) groups is 1. The van der Waals surface area contributed by atoms with Crippen molar-refractivity contribution >= 4 is 18.4 Å². The number of aliphatic carboxylic acids is 1. The Balaban J connectivity index is 0.00000320. The largest absolute Gasteiger partial charge is 0.497 e. The molecule has 1 unspecified atom stereocenters. The molecular formula is C24H32ClNO4. The molecule has 0 aromatic heterocycles. The number of likely N-dealkylation sites (tertiary alicyclic amines) is 1. The summed E-state index contributed by atoms with van der Waals surface area (Å²) >= 11 is 0. The van der Waals surface area contributed by atoms with E-state index in [-0.39, 0.29) is 31.0 Å². The van der Waals surface area contributed by atoms with E-state index in [1.807, 2.05) is 18.2 Å². The molecule has 0 saturated carbocycles. The average Bonchev–Trinajstić information content (AvgIpc) is 2.76. The summed E-state index contributed by atoms with van der Waals surface area (Å²) in [6.45, 7) is 2.98. The Morgan fingerprint density at radius 3 is 2.27 bits per heavy atom. The van der Waals surface area contributed by atoms with Gasteiger partial charge in [-0.05, 0) is 55.5 Å². The highest BCUT2D eigenvalue weighted by Crippen LogP contribution is 2.31. The van der Waals surface area contributed by atoms with E-state index >= 15 is 0 Å². The molecule has 0 aliphatic carbocycles. The van der Waals surface area contributed by atoms with Gasteiger partial charge < -0.3 is 19.5 Å². The molecule has 6 heteroatoms. The summed E-state index contributed by atoms with van der Waals surface area (Å²) in [7, 11) is 1.68. The van der Waals surface area contributed by atoms with E-state index in [2.05, 4.69) is 41.3 Å². The van der Waals surface area contributed by atoms with Crippen LogP contribution in [0.3, 0.4) is 0 Å². The number of piperidine rings is 1. The van der Waals surface area contributed by atoms with Gasteiger partial charge in [0.05, 0.1) is 13.2 Å². The molecule has 5 nitrogen and oxygen atoms in total. The van der Waals surface area contributed by atoms with Gasteiger partial charge in [0, 0.05) is 19.5 Å². The molecule has 164 valence electrons. The molecule has 0 radical (unpaired) electrons. The molecule has 2 aromatic rings. The second-order valence-electron chi connectivity index (χ2n) is 7.59. The maximum absolute atomic E-state index is 10.6. The number of rotatable bonds is 10. The van der Waals surface area contributed by atoms with Crippen LogP contribution in [0.15, 0.2) is 54.6 Å². The lowest BCUT2D eigenvalue weighted by atomic mass is 10.00. The minimum absolute atomic E-state index is 0. The Hall–Kier alpha value is -2.08. The second kappa shape index (κ2) is 12.6. The van der Waals surface area contributed by atoms with Crippen molar-refractivity contribution in [1.82, 2.24) is 4.90 Å². The van der Waals surface area contributed by atoms with E-state index in [1.54, 1.807) is 7.11 Å². The molecule has 1 saturated heterocycles. The van der Waals surface area contributed by atoms with E-state index in [1.165, 1.54) is 0 Å². The van der Waals surface area contributed by atoms with Crippen LogP contribution in [0, 0.1) is 0 Å². The number of benzene rings is 2. The van der Waals surface area contributed by atoms with Crippen LogP contribution >= 0.6 is 12.4 Å². The molecule has 1 heterocycles. The zero-order chi connectivity index (χ0) is 20.5. The monoisotopic (exact) mass is 433 g/mol. The first kappa shape index (κ1) is 24.2. The van der Waals surface area contributed by atoms with Crippen LogP contribution in [0.25, 0.3) is 0 Å². The fourth-order valence-electron chi connectivity index (χ4n) is 3.83. The van der Waals surface area contributed by atoms with Gasteiger partial charge in [-0.1, -0.05) is 42.5 Å².